The molecule has 25 heavy (non-hydrogen) atoms. The highest BCUT2D eigenvalue weighted by molar-refractivity contribution is 7.17. The average Bonchev–Trinajstić information content (AvgIpc) is 2.95. The first-order valence-electron chi connectivity index (χ1n) is 7.47. The third-order valence-corrected chi connectivity index (χ3v) is 5.01. The van der Waals surface area contributed by atoms with Crippen LogP contribution in [0.5, 0.6) is 0 Å². The van der Waals surface area contributed by atoms with Crippen molar-refractivity contribution < 1.29 is 26.7 Å². The molecule has 1 N–H and O–H groups in total. The first-order chi connectivity index (χ1) is 11.6. The van der Waals surface area contributed by atoms with E-state index in [0.717, 1.165) is 22.3 Å². The third-order valence-electron chi connectivity index (χ3n) is 4.00. The van der Waals surface area contributed by atoms with Gasteiger partial charge < -0.3 is 10.2 Å². The van der Waals surface area contributed by atoms with Crippen molar-refractivity contribution in [3.05, 3.63) is 22.6 Å². The van der Waals surface area contributed by atoms with Gasteiger partial charge in [-0.2, -0.15) is 13.2 Å². The van der Waals surface area contributed by atoms with Crippen molar-refractivity contribution in [2.24, 2.45) is 0 Å². The maximum Gasteiger partial charge on any atom is 0.417 e. The van der Waals surface area contributed by atoms with Gasteiger partial charge in [-0.25, -0.2) is 13.8 Å². The molecule has 0 aliphatic carbocycles. The van der Waals surface area contributed by atoms with Crippen LogP contribution in [0, 0.1) is 0 Å². The smallest absolute Gasteiger partial charge is 0.355 e. The lowest BCUT2D eigenvalue weighted by molar-refractivity contribution is -0.136. The number of hydrogen-bond donors (Lipinski definition) is 1. The molecule has 0 radical (unpaired) electrons. The summed E-state index contributed by atoms with van der Waals surface area (Å²) in [5.41, 5.74) is -1.09. The van der Waals surface area contributed by atoms with Crippen LogP contribution in [0.3, 0.4) is 0 Å². The SMILES string of the molecule is CNC(=O)c1csc2c(C(F)(F)F)cc(N3CCCC(F)(F)C3)nc12. The van der Waals surface area contributed by atoms with Crippen LogP contribution >= 0.6 is 11.3 Å². The minimum Gasteiger partial charge on any atom is -0.355 e. The zero-order valence-electron chi connectivity index (χ0n) is 13.1. The summed E-state index contributed by atoms with van der Waals surface area (Å²) in [4.78, 5) is 17.1. The summed E-state index contributed by atoms with van der Waals surface area (Å²) in [7, 11) is 1.35. The van der Waals surface area contributed by atoms with Crippen LogP contribution in [0.4, 0.5) is 27.8 Å². The maximum absolute atomic E-state index is 13.6. The van der Waals surface area contributed by atoms with Crippen molar-refractivity contribution >= 4 is 33.3 Å². The molecule has 2 aromatic heterocycles. The number of piperidine rings is 1. The predicted octanol–water partition coefficient (Wildman–Crippen LogP) is 3.91. The van der Waals surface area contributed by atoms with Gasteiger partial charge in [-0.15, -0.1) is 11.3 Å². The van der Waals surface area contributed by atoms with E-state index >= 15 is 0 Å². The molecule has 0 spiro atoms. The number of thiophene rings is 1. The largest absolute Gasteiger partial charge is 0.417 e. The Labute approximate surface area is 143 Å². The number of nitrogens with zero attached hydrogens (tertiary/aromatic N) is 2. The van der Waals surface area contributed by atoms with E-state index in [1.165, 1.54) is 12.4 Å². The molecule has 0 atom stereocenters. The number of halogens is 5. The highest BCUT2D eigenvalue weighted by atomic mass is 32.1. The molecule has 3 heterocycles. The lowest BCUT2D eigenvalue weighted by Crippen LogP contribution is -2.43. The van der Waals surface area contributed by atoms with Crippen LogP contribution in [-0.4, -0.2) is 37.0 Å². The second-order valence-electron chi connectivity index (χ2n) is 5.81. The van der Waals surface area contributed by atoms with E-state index in [4.69, 9.17) is 0 Å². The highest BCUT2D eigenvalue weighted by Gasteiger charge is 2.39. The maximum atomic E-state index is 13.6. The fourth-order valence-electron chi connectivity index (χ4n) is 2.83. The van der Waals surface area contributed by atoms with Gasteiger partial charge in [0, 0.05) is 25.4 Å². The number of nitrogens with one attached hydrogen (secondary N) is 1. The summed E-state index contributed by atoms with van der Waals surface area (Å²) in [5, 5.41) is 3.63. The fourth-order valence-corrected chi connectivity index (χ4v) is 3.85. The van der Waals surface area contributed by atoms with E-state index in [1.54, 1.807) is 0 Å². The summed E-state index contributed by atoms with van der Waals surface area (Å²) in [6.45, 7) is -0.507. The van der Waals surface area contributed by atoms with Crippen LogP contribution in [0.25, 0.3) is 10.2 Å². The van der Waals surface area contributed by atoms with E-state index in [0.29, 0.717) is 0 Å². The number of aromatic nitrogens is 1. The Morgan fingerprint density at radius 3 is 2.72 bits per heavy atom. The second-order valence-corrected chi connectivity index (χ2v) is 6.69. The fraction of sp³-hybridized carbons (Fsp3) is 0.467. The van der Waals surface area contributed by atoms with Gasteiger partial charge in [0.25, 0.3) is 11.8 Å². The first kappa shape index (κ1) is 17.8. The molecule has 1 aliphatic heterocycles. The number of hydrogen-bond acceptors (Lipinski definition) is 4. The van der Waals surface area contributed by atoms with Gasteiger partial charge in [-0.3, -0.25) is 4.79 Å². The summed E-state index contributed by atoms with van der Waals surface area (Å²) in [5.74, 6) is -3.75. The summed E-state index contributed by atoms with van der Waals surface area (Å²) >= 11 is 0.756. The number of alkyl halides is 5. The van der Waals surface area contributed by atoms with Gasteiger partial charge >= 0.3 is 6.18 Å². The Bertz CT molecular complexity index is 817. The van der Waals surface area contributed by atoms with Gasteiger partial charge in [-0.1, -0.05) is 0 Å². The van der Waals surface area contributed by atoms with Gasteiger partial charge in [-0.05, 0) is 12.5 Å². The number of amides is 1. The van der Waals surface area contributed by atoms with Crippen LogP contribution in [0.2, 0.25) is 0 Å². The van der Waals surface area contributed by atoms with Crippen LogP contribution in [-0.2, 0) is 6.18 Å². The molecule has 2 aromatic rings. The molecule has 1 aliphatic rings. The number of rotatable bonds is 2. The van der Waals surface area contributed by atoms with Gasteiger partial charge in [0.05, 0.1) is 27.9 Å². The molecule has 1 saturated heterocycles. The van der Waals surface area contributed by atoms with Crippen molar-refractivity contribution in [3.63, 3.8) is 0 Å². The first-order valence-corrected chi connectivity index (χ1v) is 8.34. The quantitative estimate of drug-likeness (QED) is 0.805. The minimum atomic E-state index is -4.68. The van der Waals surface area contributed by atoms with Crippen molar-refractivity contribution in [2.45, 2.75) is 24.9 Å². The molecule has 0 saturated carbocycles. The van der Waals surface area contributed by atoms with Crippen LogP contribution < -0.4 is 10.2 Å². The van der Waals surface area contributed by atoms with E-state index in [9.17, 15) is 26.7 Å². The number of anilines is 1. The average molecular weight is 379 g/mol. The van der Waals surface area contributed by atoms with Gasteiger partial charge in [0.2, 0.25) is 0 Å². The predicted molar refractivity (Wildman–Crippen MR) is 84.4 cm³/mol. The minimum absolute atomic E-state index is 0.00128. The molecule has 1 fully saturated rings. The Morgan fingerprint density at radius 1 is 1.40 bits per heavy atom. The molecule has 0 bridgehead atoms. The van der Waals surface area contributed by atoms with Crippen molar-refractivity contribution in [2.75, 3.05) is 25.0 Å². The summed E-state index contributed by atoms with van der Waals surface area (Å²) in [6, 6.07) is 0.786. The molecule has 3 rings (SSSR count). The van der Waals surface area contributed by atoms with Gasteiger partial charge in [0.1, 0.15) is 5.82 Å². The number of fused-ring (bicyclic) bond motifs is 1. The Balaban J connectivity index is 2.17. The van der Waals surface area contributed by atoms with Crippen molar-refractivity contribution in [1.82, 2.24) is 10.3 Å². The van der Waals surface area contributed by atoms with Crippen LogP contribution in [0.15, 0.2) is 11.4 Å². The number of carbonyl (C=O) groups is 1. The number of pyridine rings is 1. The van der Waals surface area contributed by atoms with Crippen molar-refractivity contribution in [1.29, 1.82) is 0 Å². The van der Waals surface area contributed by atoms with Crippen molar-refractivity contribution in [3.8, 4) is 0 Å². The van der Waals surface area contributed by atoms with Crippen LogP contribution in [0.1, 0.15) is 28.8 Å². The Morgan fingerprint density at radius 2 is 2.12 bits per heavy atom. The zero-order valence-corrected chi connectivity index (χ0v) is 13.9. The summed E-state index contributed by atoms with van der Waals surface area (Å²) < 4.78 is 67.4. The number of carbonyl (C=O) groups excluding carboxylic acids is 1. The molecule has 136 valence electrons. The second kappa shape index (κ2) is 6.08. The topological polar surface area (TPSA) is 45.2 Å². The lowest BCUT2D eigenvalue weighted by atomic mass is 10.1. The molecular formula is C15H14F5N3OS. The van der Waals surface area contributed by atoms with E-state index in [2.05, 4.69) is 10.3 Å². The van der Waals surface area contributed by atoms with E-state index in [1.807, 2.05) is 0 Å². The van der Waals surface area contributed by atoms with Gasteiger partial charge in [0.15, 0.2) is 0 Å². The molecule has 10 heteroatoms. The monoisotopic (exact) mass is 379 g/mol. The standard InChI is InChI=1S/C15H14F5N3OS/c1-21-13(24)8-6-25-12-9(15(18,19)20)5-10(22-11(8)12)23-4-2-3-14(16,17)7-23/h5-6H,2-4,7H2,1H3,(H,21,24). The zero-order chi connectivity index (χ0) is 18.4. The molecular weight excluding hydrogens is 365 g/mol. The Hall–Kier alpha value is -1.97. The molecule has 0 unspecified atom stereocenters. The van der Waals surface area contributed by atoms with E-state index < -0.39 is 30.1 Å². The van der Waals surface area contributed by atoms with E-state index in [-0.39, 0.29) is 41.0 Å². The lowest BCUT2D eigenvalue weighted by Gasteiger charge is -2.33. The Kier molecular flexibility index (Phi) is 4.34. The molecule has 1 amide bonds. The third kappa shape index (κ3) is 3.39. The molecule has 0 aromatic carbocycles. The molecule has 4 nitrogen and oxygen atoms in total. The normalized spacial score (nSPS) is 17.8. The summed E-state index contributed by atoms with van der Waals surface area (Å²) in [6.07, 6.45) is -4.83. The highest BCUT2D eigenvalue weighted by Crippen LogP contribution is 2.41.